The first-order valence-electron chi connectivity index (χ1n) is 5.77. The lowest BCUT2D eigenvalue weighted by Gasteiger charge is -2.29. The van der Waals surface area contributed by atoms with Crippen molar-refractivity contribution < 1.29 is 31.2 Å². The lowest BCUT2D eigenvalue weighted by molar-refractivity contribution is -0.197. The van der Waals surface area contributed by atoms with Gasteiger partial charge in [0.25, 0.3) is 11.6 Å². The Morgan fingerprint density at radius 3 is 2.14 bits per heavy atom. The van der Waals surface area contributed by atoms with Crippen molar-refractivity contribution in [3.05, 3.63) is 30.3 Å². The Morgan fingerprint density at radius 1 is 1.18 bits per heavy atom. The van der Waals surface area contributed by atoms with Crippen molar-refractivity contribution in [1.82, 2.24) is 14.9 Å². The number of nitrogens with one attached hydrogen (secondary N) is 2. The molecule has 11 heteroatoms. The monoisotopic (exact) mass is 337 g/mol. The van der Waals surface area contributed by atoms with Gasteiger partial charge in [0, 0.05) is 7.05 Å². The number of urea groups is 1. The third-order valence-electron chi connectivity index (χ3n) is 2.99. The van der Waals surface area contributed by atoms with E-state index in [1.807, 2.05) is 0 Å². The molecule has 1 aliphatic rings. The van der Waals surface area contributed by atoms with Crippen LogP contribution in [0.25, 0.3) is 0 Å². The molecule has 0 aromatic heterocycles. The number of hydrogen-bond acceptors (Lipinski definition) is 4. The lowest BCUT2D eigenvalue weighted by atomic mass is 10.2. The van der Waals surface area contributed by atoms with Gasteiger partial charge in [0.1, 0.15) is 0 Å². The molecule has 2 N–H and O–H groups in total. The van der Waals surface area contributed by atoms with Crippen LogP contribution in [0, 0.1) is 0 Å². The van der Waals surface area contributed by atoms with E-state index in [0.717, 1.165) is 19.2 Å². The highest BCUT2D eigenvalue weighted by Crippen LogP contribution is 2.34. The molecule has 0 saturated carbocycles. The van der Waals surface area contributed by atoms with Crippen LogP contribution in [0.3, 0.4) is 0 Å². The average Bonchev–Trinajstić information content (AvgIpc) is 2.64. The number of likely N-dealkylation sites (N-methyl/N-ethyl adjacent to an activating group) is 1. The van der Waals surface area contributed by atoms with Crippen molar-refractivity contribution in [1.29, 1.82) is 0 Å². The minimum absolute atomic E-state index is 0.154. The van der Waals surface area contributed by atoms with Crippen LogP contribution < -0.4 is 10.0 Å². The highest BCUT2D eigenvalue weighted by molar-refractivity contribution is 7.89. The highest BCUT2D eigenvalue weighted by atomic mass is 32.2. The maximum atomic E-state index is 13.3. The summed E-state index contributed by atoms with van der Waals surface area (Å²) in [5.74, 6) is -1.76. The average molecular weight is 337 g/mol. The normalized spacial score (nSPS) is 22.8. The van der Waals surface area contributed by atoms with Gasteiger partial charge in [-0.2, -0.15) is 17.9 Å². The molecule has 7 nitrogen and oxygen atoms in total. The molecule has 120 valence electrons. The second-order valence-electron chi connectivity index (χ2n) is 4.46. The van der Waals surface area contributed by atoms with E-state index in [2.05, 4.69) is 0 Å². The van der Waals surface area contributed by atoms with Crippen LogP contribution in [0.15, 0.2) is 35.2 Å². The number of amides is 3. The third kappa shape index (κ3) is 2.41. The van der Waals surface area contributed by atoms with Gasteiger partial charge in [-0.1, -0.05) is 18.2 Å². The van der Waals surface area contributed by atoms with E-state index in [-0.39, 0.29) is 4.90 Å². The highest BCUT2D eigenvalue weighted by Gasteiger charge is 2.68. The minimum Gasteiger partial charge on any atom is -0.303 e. The molecule has 22 heavy (non-hydrogen) atoms. The maximum Gasteiger partial charge on any atom is 0.435 e. The number of alkyl halides is 3. The Bertz CT molecular complexity index is 720. The fourth-order valence-electron chi connectivity index (χ4n) is 1.82. The minimum atomic E-state index is -5.37. The van der Waals surface area contributed by atoms with Crippen LogP contribution in [0.2, 0.25) is 0 Å². The topological polar surface area (TPSA) is 95.6 Å². The molecule has 1 aliphatic heterocycles. The van der Waals surface area contributed by atoms with Crippen LogP contribution in [0.1, 0.15) is 0 Å². The van der Waals surface area contributed by atoms with E-state index < -0.39 is 38.7 Å². The molecule has 0 aliphatic carbocycles. The van der Waals surface area contributed by atoms with Gasteiger partial charge in [-0.15, -0.1) is 0 Å². The summed E-state index contributed by atoms with van der Waals surface area (Å²) in [6, 6.07) is 4.81. The smallest absolute Gasteiger partial charge is 0.303 e. The predicted molar refractivity (Wildman–Crippen MR) is 66.9 cm³/mol. The summed E-state index contributed by atoms with van der Waals surface area (Å²) in [5.41, 5.74) is -3.73. The van der Waals surface area contributed by atoms with Gasteiger partial charge in [-0.3, -0.25) is 9.69 Å². The summed E-state index contributed by atoms with van der Waals surface area (Å²) in [4.78, 5) is 22.8. The molecule has 3 amide bonds. The van der Waals surface area contributed by atoms with Crippen molar-refractivity contribution in [3.63, 3.8) is 0 Å². The molecule has 1 aromatic rings. The number of benzene rings is 1. The molecule has 1 saturated heterocycles. The summed E-state index contributed by atoms with van der Waals surface area (Å²) >= 11 is 0. The van der Waals surface area contributed by atoms with Gasteiger partial charge < -0.3 is 5.32 Å². The van der Waals surface area contributed by atoms with Gasteiger partial charge in [0.15, 0.2) is 0 Å². The first kappa shape index (κ1) is 16.2. The van der Waals surface area contributed by atoms with Gasteiger partial charge >= 0.3 is 12.2 Å². The standard InChI is InChI=1S/C11H10F3N3O4S/c1-17-8(18)10(11(12,13)14,15-9(17)19)16-22(20,21)7-5-3-2-4-6-7/h2-6,16H,1H3,(H,15,19). The van der Waals surface area contributed by atoms with Gasteiger partial charge in [-0.05, 0) is 12.1 Å². The zero-order valence-corrected chi connectivity index (χ0v) is 11.8. The summed E-state index contributed by atoms with van der Waals surface area (Å²) in [5, 5.41) is 1.35. The summed E-state index contributed by atoms with van der Waals surface area (Å²) in [6.07, 6.45) is -5.37. The maximum absolute atomic E-state index is 13.3. The third-order valence-corrected chi connectivity index (χ3v) is 4.46. The van der Waals surface area contributed by atoms with E-state index >= 15 is 0 Å². The molecule has 1 aromatic carbocycles. The Morgan fingerprint density at radius 2 is 1.73 bits per heavy atom. The van der Waals surface area contributed by atoms with Crippen LogP contribution in [-0.4, -0.2) is 44.1 Å². The quantitative estimate of drug-likeness (QED) is 0.781. The van der Waals surface area contributed by atoms with Crippen LogP contribution in [-0.2, 0) is 14.8 Å². The number of halogens is 3. The molecule has 1 unspecified atom stereocenters. The van der Waals surface area contributed by atoms with Gasteiger partial charge in [0.2, 0.25) is 10.0 Å². The van der Waals surface area contributed by atoms with Crippen LogP contribution >= 0.6 is 0 Å². The molecule has 0 radical (unpaired) electrons. The SMILES string of the molecule is CN1C(=O)NC(NS(=O)(=O)c2ccccc2)(C(F)(F)F)C1=O. The van der Waals surface area contributed by atoms with E-state index in [0.29, 0.717) is 0 Å². The number of hydrogen-bond donors (Lipinski definition) is 2. The molecular weight excluding hydrogens is 327 g/mol. The molecule has 2 rings (SSSR count). The summed E-state index contributed by atoms with van der Waals surface area (Å²) in [6.45, 7) is 0. The summed E-state index contributed by atoms with van der Waals surface area (Å²) in [7, 11) is -3.89. The number of carbonyl (C=O) groups excluding carboxylic acids is 2. The van der Waals surface area contributed by atoms with Crippen LogP contribution in [0.4, 0.5) is 18.0 Å². The van der Waals surface area contributed by atoms with Crippen molar-refractivity contribution in [2.75, 3.05) is 7.05 Å². The second kappa shape index (κ2) is 4.95. The second-order valence-corrected chi connectivity index (χ2v) is 6.14. The number of rotatable bonds is 3. The van der Waals surface area contributed by atoms with Gasteiger partial charge in [-0.25, -0.2) is 13.2 Å². The molecular formula is C11H10F3N3O4S. The number of nitrogens with zero attached hydrogens (tertiary/aromatic N) is 1. The fraction of sp³-hybridized carbons (Fsp3) is 0.273. The number of imide groups is 1. The molecule has 0 bridgehead atoms. The Kier molecular flexibility index (Phi) is 3.65. The zero-order chi connectivity index (χ0) is 16.8. The summed E-state index contributed by atoms with van der Waals surface area (Å²) < 4.78 is 65.2. The van der Waals surface area contributed by atoms with Crippen molar-refractivity contribution in [2.24, 2.45) is 0 Å². The fourth-order valence-corrected chi connectivity index (χ4v) is 3.11. The van der Waals surface area contributed by atoms with E-state index in [4.69, 9.17) is 0 Å². The van der Waals surface area contributed by atoms with Crippen molar-refractivity contribution in [3.8, 4) is 0 Å². The number of carbonyl (C=O) groups is 2. The largest absolute Gasteiger partial charge is 0.435 e. The Hall–Kier alpha value is -2.14. The molecule has 0 spiro atoms. The van der Waals surface area contributed by atoms with Crippen LogP contribution in [0.5, 0.6) is 0 Å². The first-order valence-corrected chi connectivity index (χ1v) is 7.26. The first-order chi connectivity index (χ1) is 10.0. The Labute approximate surface area is 123 Å². The lowest BCUT2D eigenvalue weighted by Crippen LogP contribution is -2.69. The van der Waals surface area contributed by atoms with Crippen molar-refractivity contribution >= 4 is 22.0 Å². The van der Waals surface area contributed by atoms with Gasteiger partial charge in [0.05, 0.1) is 4.90 Å². The zero-order valence-electron chi connectivity index (χ0n) is 11.0. The molecule has 1 heterocycles. The van der Waals surface area contributed by atoms with Crippen molar-refractivity contribution in [2.45, 2.75) is 16.7 Å². The molecule has 1 fully saturated rings. The predicted octanol–water partition coefficient (Wildman–Crippen LogP) is 0.405. The van der Waals surface area contributed by atoms with E-state index in [9.17, 15) is 31.2 Å². The van der Waals surface area contributed by atoms with E-state index in [1.165, 1.54) is 28.2 Å². The number of sulfonamides is 1. The Balaban J connectivity index is 2.51. The molecule has 1 atom stereocenters. The van der Waals surface area contributed by atoms with E-state index in [1.54, 1.807) is 0 Å².